The molecule has 1 unspecified atom stereocenters. The minimum Gasteiger partial charge on any atom is -0.493 e. The molecule has 5 nitrogen and oxygen atoms in total. The second-order valence-corrected chi connectivity index (χ2v) is 4.92. The molecule has 0 bridgehead atoms. The molecule has 0 aliphatic carbocycles. The molecule has 1 amide bonds. The van der Waals surface area contributed by atoms with Crippen LogP contribution in [0.3, 0.4) is 0 Å². The summed E-state index contributed by atoms with van der Waals surface area (Å²) in [5.74, 6) is 1.49. The topological polar surface area (TPSA) is 77.5 Å². The number of nitrogens with one attached hydrogen (secondary N) is 1. The first-order valence-electron chi connectivity index (χ1n) is 6.93. The summed E-state index contributed by atoms with van der Waals surface area (Å²) in [6.45, 7) is 2.27. The lowest BCUT2D eigenvalue weighted by Crippen LogP contribution is -2.34. The minimum atomic E-state index is -0.0436. The highest BCUT2D eigenvalue weighted by Gasteiger charge is 2.09. The van der Waals surface area contributed by atoms with Gasteiger partial charge in [0.15, 0.2) is 0 Å². The Hall–Kier alpha value is -2.43. The lowest BCUT2D eigenvalue weighted by molar-refractivity contribution is -0.122. The van der Waals surface area contributed by atoms with E-state index in [9.17, 15) is 4.79 Å². The number of amides is 1. The van der Waals surface area contributed by atoms with Gasteiger partial charge in [0.2, 0.25) is 5.91 Å². The van der Waals surface area contributed by atoms with Gasteiger partial charge in [0, 0.05) is 24.2 Å². The van der Waals surface area contributed by atoms with E-state index in [0.29, 0.717) is 30.9 Å². The molecule has 0 spiro atoms. The predicted molar refractivity (Wildman–Crippen MR) is 81.0 cm³/mol. The van der Waals surface area contributed by atoms with Crippen LogP contribution >= 0.6 is 0 Å². The van der Waals surface area contributed by atoms with E-state index in [1.54, 1.807) is 18.4 Å². The van der Waals surface area contributed by atoms with Crippen LogP contribution in [0.2, 0.25) is 0 Å². The van der Waals surface area contributed by atoms with Crippen molar-refractivity contribution in [2.24, 2.45) is 0 Å². The molecule has 2 rings (SSSR count). The number of carbonyl (C=O) groups is 1. The van der Waals surface area contributed by atoms with Gasteiger partial charge in [-0.1, -0.05) is 6.07 Å². The summed E-state index contributed by atoms with van der Waals surface area (Å²) in [5.41, 5.74) is 6.29. The number of anilines is 1. The first kappa shape index (κ1) is 15.0. The largest absolute Gasteiger partial charge is 0.493 e. The van der Waals surface area contributed by atoms with E-state index < -0.39 is 0 Å². The summed E-state index contributed by atoms with van der Waals surface area (Å²) < 4.78 is 10.7. The first-order chi connectivity index (χ1) is 10.1. The highest BCUT2D eigenvalue weighted by Crippen LogP contribution is 2.14. The highest BCUT2D eigenvalue weighted by atomic mass is 16.5. The molecule has 0 saturated heterocycles. The summed E-state index contributed by atoms with van der Waals surface area (Å²) in [6, 6.07) is 10.9. The van der Waals surface area contributed by atoms with Gasteiger partial charge < -0.3 is 20.2 Å². The molecule has 5 heteroatoms. The van der Waals surface area contributed by atoms with Crippen molar-refractivity contribution in [1.29, 1.82) is 0 Å². The number of hydrogen-bond acceptors (Lipinski definition) is 4. The molecule has 0 fully saturated rings. The smallest absolute Gasteiger partial charge is 0.223 e. The quantitative estimate of drug-likeness (QED) is 0.767. The number of carbonyl (C=O) groups excluding carboxylic acids is 1. The van der Waals surface area contributed by atoms with Crippen LogP contribution in [0.5, 0.6) is 5.75 Å². The average Bonchev–Trinajstić information content (AvgIpc) is 2.91. The molecule has 1 heterocycles. The van der Waals surface area contributed by atoms with E-state index >= 15 is 0 Å². The first-order valence-corrected chi connectivity index (χ1v) is 6.93. The van der Waals surface area contributed by atoms with Gasteiger partial charge in [-0.05, 0) is 31.2 Å². The summed E-state index contributed by atoms with van der Waals surface area (Å²) in [5, 5.41) is 2.91. The maximum absolute atomic E-state index is 11.8. The molecular weight excluding hydrogens is 268 g/mol. The van der Waals surface area contributed by atoms with Gasteiger partial charge in [0.05, 0.1) is 19.3 Å². The van der Waals surface area contributed by atoms with Crippen LogP contribution in [0.1, 0.15) is 19.1 Å². The lowest BCUT2D eigenvalue weighted by Gasteiger charge is -2.13. The standard InChI is InChI=1S/C16H20N2O3/c1-12(10-14-6-3-8-20-14)18-16(19)7-9-21-15-5-2-4-13(17)11-15/h2-6,8,11-12H,7,9-10,17H2,1H3,(H,18,19). The Bertz CT molecular complexity index is 567. The maximum Gasteiger partial charge on any atom is 0.223 e. The molecule has 3 N–H and O–H groups in total. The van der Waals surface area contributed by atoms with Gasteiger partial charge in [-0.15, -0.1) is 0 Å². The van der Waals surface area contributed by atoms with Crippen molar-refractivity contribution >= 4 is 11.6 Å². The van der Waals surface area contributed by atoms with Gasteiger partial charge in [0.25, 0.3) is 0 Å². The molecule has 0 aliphatic rings. The van der Waals surface area contributed by atoms with Crippen molar-refractivity contribution in [2.45, 2.75) is 25.8 Å². The molecule has 2 aromatic rings. The van der Waals surface area contributed by atoms with E-state index in [0.717, 1.165) is 5.76 Å². The summed E-state index contributed by atoms with van der Waals surface area (Å²) in [7, 11) is 0. The Morgan fingerprint density at radius 1 is 1.38 bits per heavy atom. The van der Waals surface area contributed by atoms with Crippen molar-refractivity contribution < 1.29 is 13.9 Å². The van der Waals surface area contributed by atoms with Gasteiger partial charge in [-0.3, -0.25) is 4.79 Å². The monoisotopic (exact) mass is 288 g/mol. The van der Waals surface area contributed by atoms with Crippen LogP contribution in [-0.2, 0) is 11.2 Å². The summed E-state index contributed by atoms with van der Waals surface area (Å²) in [6.07, 6.45) is 2.61. The van der Waals surface area contributed by atoms with E-state index in [2.05, 4.69) is 5.32 Å². The number of rotatable bonds is 7. The SMILES string of the molecule is CC(Cc1ccco1)NC(=O)CCOc1cccc(N)c1. The zero-order valence-corrected chi connectivity index (χ0v) is 12.0. The lowest BCUT2D eigenvalue weighted by atomic mass is 10.2. The number of nitrogens with two attached hydrogens (primary N) is 1. The van der Waals surface area contributed by atoms with Crippen molar-refractivity contribution in [3.63, 3.8) is 0 Å². The molecule has 0 saturated carbocycles. The molecular formula is C16H20N2O3. The highest BCUT2D eigenvalue weighted by molar-refractivity contribution is 5.76. The molecule has 112 valence electrons. The molecule has 1 aromatic carbocycles. The molecule has 1 atom stereocenters. The number of furan rings is 1. The second kappa shape index (κ2) is 7.38. The van der Waals surface area contributed by atoms with Crippen LogP contribution in [0.4, 0.5) is 5.69 Å². The number of hydrogen-bond donors (Lipinski definition) is 2. The fourth-order valence-corrected chi connectivity index (χ4v) is 1.99. The van der Waals surface area contributed by atoms with Crippen LogP contribution < -0.4 is 15.8 Å². The van der Waals surface area contributed by atoms with Crippen LogP contribution in [0, 0.1) is 0 Å². The van der Waals surface area contributed by atoms with Crippen molar-refractivity contribution in [1.82, 2.24) is 5.32 Å². The van der Waals surface area contributed by atoms with Gasteiger partial charge >= 0.3 is 0 Å². The third-order valence-electron chi connectivity index (χ3n) is 2.95. The Kier molecular flexibility index (Phi) is 5.26. The third kappa shape index (κ3) is 5.22. The Morgan fingerprint density at radius 2 is 2.24 bits per heavy atom. The fourth-order valence-electron chi connectivity index (χ4n) is 1.99. The number of benzene rings is 1. The fraction of sp³-hybridized carbons (Fsp3) is 0.312. The molecule has 0 aliphatic heterocycles. The minimum absolute atomic E-state index is 0.0241. The Morgan fingerprint density at radius 3 is 2.95 bits per heavy atom. The third-order valence-corrected chi connectivity index (χ3v) is 2.95. The Balaban J connectivity index is 1.67. The zero-order valence-electron chi connectivity index (χ0n) is 12.0. The molecule has 1 aromatic heterocycles. The maximum atomic E-state index is 11.8. The van der Waals surface area contributed by atoms with Crippen LogP contribution in [0.25, 0.3) is 0 Å². The van der Waals surface area contributed by atoms with Gasteiger partial charge in [-0.2, -0.15) is 0 Å². The van der Waals surface area contributed by atoms with Crippen molar-refractivity contribution in [2.75, 3.05) is 12.3 Å². The summed E-state index contributed by atoms with van der Waals surface area (Å²) in [4.78, 5) is 11.8. The van der Waals surface area contributed by atoms with E-state index in [1.165, 1.54) is 0 Å². The average molecular weight is 288 g/mol. The molecule has 21 heavy (non-hydrogen) atoms. The van der Waals surface area contributed by atoms with Gasteiger partial charge in [0.1, 0.15) is 11.5 Å². The van der Waals surface area contributed by atoms with Crippen LogP contribution in [0.15, 0.2) is 47.1 Å². The van der Waals surface area contributed by atoms with E-state index in [1.807, 2.05) is 31.2 Å². The number of nitrogen functional groups attached to an aromatic ring is 1. The zero-order chi connectivity index (χ0) is 15.1. The van der Waals surface area contributed by atoms with E-state index in [-0.39, 0.29) is 11.9 Å². The number of ether oxygens (including phenoxy) is 1. The second-order valence-electron chi connectivity index (χ2n) is 4.92. The van der Waals surface area contributed by atoms with E-state index in [4.69, 9.17) is 14.9 Å². The molecule has 0 radical (unpaired) electrons. The van der Waals surface area contributed by atoms with Gasteiger partial charge in [-0.25, -0.2) is 0 Å². The van der Waals surface area contributed by atoms with Crippen molar-refractivity contribution in [3.8, 4) is 5.75 Å². The Labute approximate surface area is 124 Å². The summed E-state index contributed by atoms with van der Waals surface area (Å²) >= 11 is 0. The normalized spacial score (nSPS) is 11.9. The predicted octanol–water partition coefficient (Wildman–Crippen LogP) is 2.38. The van der Waals surface area contributed by atoms with Crippen LogP contribution in [-0.4, -0.2) is 18.6 Å². The van der Waals surface area contributed by atoms with Crippen molar-refractivity contribution in [3.05, 3.63) is 48.4 Å².